The van der Waals surface area contributed by atoms with Crippen LogP contribution in [0.1, 0.15) is 31.4 Å². The highest BCUT2D eigenvalue weighted by atomic mass is 16.4. The van der Waals surface area contributed by atoms with Gasteiger partial charge in [0.25, 0.3) is 0 Å². The summed E-state index contributed by atoms with van der Waals surface area (Å²) in [7, 11) is 0. The van der Waals surface area contributed by atoms with E-state index in [9.17, 15) is 19.2 Å². The Kier molecular flexibility index (Phi) is 10.0. The van der Waals surface area contributed by atoms with E-state index < -0.39 is 48.4 Å². The van der Waals surface area contributed by atoms with Crippen LogP contribution < -0.4 is 21.7 Å². The number of fused-ring (bicyclic) bond motifs is 1. The van der Waals surface area contributed by atoms with E-state index in [1.807, 2.05) is 68.4 Å². The standard InChI is InChI=1S/C28H35N5O5/c1-17(2)12-21(29)26(36)32-23(13-18-8-4-3-5-9-18)28(38)33-24(27(37)31-16-25(34)35)14-19-15-30-22-11-7-6-10-20(19)22/h3-11,15,17,21,23-24,30H,12-14,16,29H2,1-2H3,(H,31,37)(H,32,36)(H,33,38)(H,34,35). The fourth-order valence-corrected chi connectivity index (χ4v) is 4.24. The number of nitrogens with one attached hydrogen (secondary N) is 4. The van der Waals surface area contributed by atoms with Gasteiger partial charge in [-0.25, -0.2) is 0 Å². The Hall–Kier alpha value is -4.18. The highest BCUT2D eigenvalue weighted by molar-refractivity contribution is 5.94. The highest BCUT2D eigenvalue weighted by Gasteiger charge is 2.29. The van der Waals surface area contributed by atoms with Gasteiger partial charge >= 0.3 is 5.97 Å². The van der Waals surface area contributed by atoms with Crippen LogP contribution in [0.3, 0.4) is 0 Å². The fraction of sp³-hybridized carbons (Fsp3) is 0.357. The van der Waals surface area contributed by atoms with Gasteiger partial charge < -0.3 is 31.8 Å². The number of aromatic amines is 1. The van der Waals surface area contributed by atoms with Gasteiger partial charge in [-0.15, -0.1) is 0 Å². The molecule has 38 heavy (non-hydrogen) atoms. The molecule has 3 amide bonds. The zero-order valence-electron chi connectivity index (χ0n) is 21.6. The molecule has 0 saturated carbocycles. The number of carbonyl (C=O) groups excluding carboxylic acids is 3. The Morgan fingerprint density at radius 3 is 2.18 bits per heavy atom. The van der Waals surface area contributed by atoms with Crippen LogP contribution in [0.15, 0.2) is 60.8 Å². The Morgan fingerprint density at radius 2 is 1.50 bits per heavy atom. The third-order valence-corrected chi connectivity index (χ3v) is 6.12. The second-order valence-electron chi connectivity index (χ2n) is 9.72. The molecule has 0 spiro atoms. The van der Waals surface area contributed by atoms with Crippen LogP contribution in [-0.2, 0) is 32.0 Å². The predicted octanol–water partition coefficient (Wildman–Crippen LogP) is 1.50. The third kappa shape index (κ3) is 8.17. The lowest BCUT2D eigenvalue weighted by molar-refractivity contribution is -0.138. The summed E-state index contributed by atoms with van der Waals surface area (Å²) in [4.78, 5) is 53.5. The van der Waals surface area contributed by atoms with Crippen LogP contribution in [0.4, 0.5) is 0 Å². The van der Waals surface area contributed by atoms with Crippen LogP contribution in [-0.4, -0.2) is 58.5 Å². The van der Waals surface area contributed by atoms with Crippen molar-refractivity contribution >= 4 is 34.6 Å². The number of carbonyl (C=O) groups is 4. The summed E-state index contributed by atoms with van der Waals surface area (Å²) in [5.74, 6) is -2.70. The molecule has 1 heterocycles. The van der Waals surface area contributed by atoms with E-state index in [4.69, 9.17) is 10.8 Å². The Bertz CT molecular complexity index is 1260. The Morgan fingerprint density at radius 1 is 0.868 bits per heavy atom. The van der Waals surface area contributed by atoms with Gasteiger partial charge in [-0.1, -0.05) is 62.4 Å². The lowest BCUT2D eigenvalue weighted by atomic mass is 10.0. The first kappa shape index (κ1) is 28.4. The number of amides is 3. The summed E-state index contributed by atoms with van der Waals surface area (Å²) in [6, 6.07) is 13.8. The van der Waals surface area contributed by atoms with Crippen molar-refractivity contribution < 1.29 is 24.3 Å². The molecule has 1 aromatic heterocycles. The molecule has 3 aromatic rings. The van der Waals surface area contributed by atoms with Gasteiger partial charge in [0, 0.05) is 29.9 Å². The van der Waals surface area contributed by atoms with Gasteiger partial charge in [-0.05, 0) is 29.5 Å². The Balaban J connectivity index is 1.84. The largest absolute Gasteiger partial charge is 0.480 e. The smallest absolute Gasteiger partial charge is 0.322 e. The number of hydrogen-bond acceptors (Lipinski definition) is 5. The molecule has 10 heteroatoms. The predicted molar refractivity (Wildman–Crippen MR) is 144 cm³/mol. The molecular formula is C28H35N5O5. The van der Waals surface area contributed by atoms with Crippen molar-refractivity contribution in [3.63, 3.8) is 0 Å². The summed E-state index contributed by atoms with van der Waals surface area (Å²) in [5, 5.41) is 17.7. The second-order valence-corrected chi connectivity index (χ2v) is 9.72. The monoisotopic (exact) mass is 521 g/mol. The maximum Gasteiger partial charge on any atom is 0.322 e. The van der Waals surface area contributed by atoms with Gasteiger partial charge in [0.2, 0.25) is 17.7 Å². The number of nitrogens with two attached hydrogens (primary N) is 1. The number of aliphatic carboxylic acids is 1. The topological polar surface area (TPSA) is 166 Å². The first-order valence-corrected chi connectivity index (χ1v) is 12.6. The molecule has 202 valence electrons. The van der Waals surface area contributed by atoms with Crippen molar-refractivity contribution in [3.05, 3.63) is 71.9 Å². The van der Waals surface area contributed by atoms with Crippen molar-refractivity contribution in [1.29, 1.82) is 0 Å². The van der Waals surface area contributed by atoms with Crippen LogP contribution in [0.5, 0.6) is 0 Å². The normalized spacial score (nSPS) is 13.5. The number of hydrogen-bond donors (Lipinski definition) is 6. The molecule has 0 aliphatic heterocycles. The second kappa shape index (κ2) is 13.4. The minimum atomic E-state index is -1.20. The fourth-order valence-electron chi connectivity index (χ4n) is 4.24. The molecule has 7 N–H and O–H groups in total. The molecular weight excluding hydrogens is 486 g/mol. The van der Waals surface area contributed by atoms with E-state index in [0.717, 1.165) is 22.0 Å². The summed E-state index contributed by atoms with van der Waals surface area (Å²) in [6.07, 6.45) is 2.50. The van der Waals surface area contributed by atoms with Crippen molar-refractivity contribution in [1.82, 2.24) is 20.9 Å². The summed E-state index contributed by atoms with van der Waals surface area (Å²) < 4.78 is 0. The van der Waals surface area contributed by atoms with E-state index in [2.05, 4.69) is 20.9 Å². The quantitative estimate of drug-likeness (QED) is 0.199. The van der Waals surface area contributed by atoms with E-state index in [0.29, 0.717) is 6.42 Å². The number of carboxylic acids is 1. The van der Waals surface area contributed by atoms with Gasteiger partial charge in [0.15, 0.2) is 0 Å². The van der Waals surface area contributed by atoms with E-state index in [1.54, 1.807) is 6.20 Å². The minimum absolute atomic E-state index is 0.111. The molecule has 0 radical (unpaired) electrons. The van der Waals surface area contributed by atoms with E-state index >= 15 is 0 Å². The summed E-state index contributed by atoms with van der Waals surface area (Å²) >= 11 is 0. The van der Waals surface area contributed by atoms with Crippen LogP contribution >= 0.6 is 0 Å². The average Bonchev–Trinajstić information content (AvgIpc) is 3.29. The zero-order valence-corrected chi connectivity index (χ0v) is 21.6. The van der Waals surface area contributed by atoms with Gasteiger partial charge in [-0.3, -0.25) is 19.2 Å². The number of H-pyrrole nitrogens is 1. The number of rotatable bonds is 13. The maximum absolute atomic E-state index is 13.5. The van der Waals surface area contributed by atoms with Crippen LogP contribution in [0, 0.1) is 5.92 Å². The highest BCUT2D eigenvalue weighted by Crippen LogP contribution is 2.19. The zero-order chi connectivity index (χ0) is 27.7. The summed E-state index contributed by atoms with van der Waals surface area (Å²) in [5.41, 5.74) is 8.51. The number of aromatic nitrogens is 1. The van der Waals surface area contributed by atoms with E-state index in [-0.39, 0.29) is 18.8 Å². The van der Waals surface area contributed by atoms with Crippen LogP contribution in [0.2, 0.25) is 0 Å². The van der Waals surface area contributed by atoms with Gasteiger partial charge in [-0.2, -0.15) is 0 Å². The SMILES string of the molecule is CC(C)CC(N)C(=O)NC(Cc1ccccc1)C(=O)NC(Cc1c[nH]c2ccccc12)C(=O)NCC(=O)O. The van der Waals surface area contributed by atoms with Crippen molar-refractivity contribution in [2.45, 2.75) is 51.2 Å². The molecule has 10 nitrogen and oxygen atoms in total. The van der Waals surface area contributed by atoms with Crippen molar-refractivity contribution in [2.24, 2.45) is 11.7 Å². The number of para-hydroxylation sites is 1. The maximum atomic E-state index is 13.5. The van der Waals surface area contributed by atoms with Crippen LogP contribution in [0.25, 0.3) is 10.9 Å². The molecule has 3 rings (SSSR count). The minimum Gasteiger partial charge on any atom is -0.480 e. The van der Waals surface area contributed by atoms with Gasteiger partial charge in [0.05, 0.1) is 6.04 Å². The average molecular weight is 522 g/mol. The number of benzene rings is 2. The molecule has 0 saturated heterocycles. The third-order valence-electron chi connectivity index (χ3n) is 6.12. The Labute approximate surface area is 221 Å². The number of carboxylic acid groups (broad SMARTS) is 1. The lowest BCUT2D eigenvalue weighted by Crippen LogP contribution is -2.57. The molecule has 0 aliphatic carbocycles. The summed E-state index contributed by atoms with van der Waals surface area (Å²) in [6.45, 7) is 3.31. The van der Waals surface area contributed by atoms with Crippen molar-refractivity contribution in [3.8, 4) is 0 Å². The van der Waals surface area contributed by atoms with Crippen molar-refractivity contribution in [2.75, 3.05) is 6.54 Å². The lowest BCUT2D eigenvalue weighted by Gasteiger charge is -2.24. The van der Waals surface area contributed by atoms with Gasteiger partial charge in [0.1, 0.15) is 18.6 Å². The molecule has 3 unspecified atom stereocenters. The molecule has 0 aliphatic rings. The molecule has 0 bridgehead atoms. The molecule has 2 aromatic carbocycles. The molecule has 3 atom stereocenters. The first-order chi connectivity index (χ1) is 18.1. The molecule has 0 fully saturated rings. The van der Waals surface area contributed by atoms with E-state index in [1.165, 1.54) is 0 Å². The first-order valence-electron chi connectivity index (χ1n) is 12.6.